The molecular formula is C13H18BrNO5S. The number of hydrogen-bond acceptors (Lipinski definition) is 5. The fourth-order valence-corrected chi connectivity index (χ4v) is 5.33. The van der Waals surface area contributed by atoms with Crippen LogP contribution in [0.25, 0.3) is 0 Å². The van der Waals surface area contributed by atoms with Gasteiger partial charge < -0.3 is 4.74 Å². The maximum absolute atomic E-state index is 12.6. The molecule has 0 saturated carbocycles. The fourth-order valence-electron chi connectivity index (χ4n) is 2.52. The fraction of sp³-hybridized carbons (Fsp3) is 0.692. The summed E-state index contributed by atoms with van der Waals surface area (Å²) in [6, 6.07) is 0. The van der Waals surface area contributed by atoms with Crippen molar-refractivity contribution in [3.05, 3.63) is 11.3 Å². The second kappa shape index (κ2) is 4.89. The molecule has 2 heterocycles. The molecule has 2 aliphatic rings. The van der Waals surface area contributed by atoms with E-state index < -0.39 is 36.8 Å². The van der Waals surface area contributed by atoms with E-state index in [0.717, 1.165) is 4.90 Å². The number of hydrogen-bond donors (Lipinski definition) is 0. The number of amides is 1. The second-order valence-corrected chi connectivity index (χ2v) is 9.93. The quantitative estimate of drug-likeness (QED) is 0.531. The summed E-state index contributed by atoms with van der Waals surface area (Å²) in [7, 11) is -2.38. The first kappa shape index (κ1) is 16.6. The Bertz CT molecular complexity index is 646. The van der Waals surface area contributed by atoms with Crippen LogP contribution in [0, 0.1) is 5.41 Å². The highest BCUT2D eigenvalue weighted by Crippen LogP contribution is 2.44. The van der Waals surface area contributed by atoms with E-state index in [0.29, 0.717) is 5.57 Å². The zero-order valence-corrected chi connectivity index (χ0v) is 14.9. The van der Waals surface area contributed by atoms with Crippen LogP contribution in [0.1, 0.15) is 27.7 Å². The molecule has 1 saturated heterocycles. The van der Waals surface area contributed by atoms with Crippen molar-refractivity contribution in [2.24, 2.45) is 5.41 Å². The Labute approximate surface area is 132 Å². The van der Waals surface area contributed by atoms with E-state index >= 15 is 0 Å². The third-order valence-electron chi connectivity index (χ3n) is 3.72. The average molecular weight is 380 g/mol. The molecule has 3 atom stereocenters. The number of rotatable bonds is 2. The highest BCUT2D eigenvalue weighted by molar-refractivity contribution is 9.11. The molecule has 0 aromatic heterocycles. The van der Waals surface area contributed by atoms with Gasteiger partial charge in [0.2, 0.25) is 0 Å². The summed E-state index contributed by atoms with van der Waals surface area (Å²) in [5, 5.41) is -1.13. The molecule has 0 aliphatic carbocycles. The third kappa shape index (κ3) is 2.19. The van der Waals surface area contributed by atoms with Crippen LogP contribution in [0.5, 0.6) is 0 Å². The Morgan fingerprint density at radius 3 is 2.29 bits per heavy atom. The van der Waals surface area contributed by atoms with E-state index in [1.807, 2.05) is 0 Å². The second-order valence-electron chi connectivity index (χ2n) is 6.27. The molecule has 118 valence electrons. The number of β-lactam (4-membered cyclic amide) rings is 1. The minimum absolute atomic E-state index is 0.169. The SMILES string of the molecule is CO[C@H]1C(=O)N2C(C(=O)C(C)(C)C)=C(C)C(Br)S(=O)(=O)[C@H]12. The van der Waals surface area contributed by atoms with Gasteiger partial charge in [-0.1, -0.05) is 36.7 Å². The van der Waals surface area contributed by atoms with Crippen molar-refractivity contribution in [1.29, 1.82) is 0 Å². The molecule has 1 fully saturated rings. The Morgan fingerprint density at radius 1 is 1.33 bits per heavy atom. The maximum atomic E-state index is 12.6. The molecule has 0 radical (unpaired) electrons. The van der Waals surface area contributed by atoms with Crippen LogP contribution in [-0.4, -0.2) is 47.8 Å². The van der Waals surface area contributed by atoms with Crippen LogP contribution < -0.4 is 0 Å². The smallest absolute Gasteiger partial charge is 0.260 e. The van der Waals surface area contributed by atoms with Crippen LogP contribution in [0.4, 0.5) is 0 Å². The normalized spacial score (nSPS) is 31.8. The van der Waals surface area contributed by atoms with Gasteiger partial charge >= 0.3 is 0 Å². The monoisotopic (exact) mass is 379 g/mol. The lowest BCUT2D eigenvalue weighted by Crippen LogP contribution is -2.71. The largest absolute Gasteiger partial charge is 0.368 e. The number of allylic oxidation sites excluding steroid dienone is 1. The summed E-state index contributed by atoms with van der Waals surface area (Å²) >= 11 is 3.14. The number of methoxy groups -OCH3 is 1. The molecule has 2 rings (SSSR count). The number of nitrogens with zero attached hydrogens (tertiary/aromatic N) is 1. The summed E-state index contributed by atoms with van der Waals surface area (Å²) in [4.78, 5) is 25.8. The first-order valence-electron chi connectivity index (χ1n) is 6.44. The molecule has 2 aliphatic heterocycles. The average Bonchev–Trinajstić information content (AvgIpc) is 2.36. The van der Waals surface area contributed by atoms with Gasteiger partial charge in [0.15, 0.2) is 27.1 Å². The molecule has 0 aromatic carbocycles. The lowest BCUT2D eigenvalue weighted by Gasteiger charge is -2.50. The Balaban J connectivity index is 2.63. The molecule has 6 nitrogen and oxygen atoms in total. The van der Waals surface area contributed by atoms with Gasteiger partial charge in [0.1, 0.15) is 4.16 Å². The van der Waals surface area contributed by atoms with Crippen molar-refractivity contribution in [1.82, 2.24) is 4.90 Å². The third-order valence-corrected chi connectivity index (χ3v) is 8.04. The topological polar surface area (TPSA) is 80.8 Å². The van der Waals surface area contributed by atoms with E-state index in [1.54, 1.807) is 27.7 Å². The Morgan fingerprint density at radius 2 is 1.86 bits per heavy atom. The van der Waals surface area contributed by atoms with Crippen LogP contribution >= 0.6 is 15.9 Å². The number of carbonyl (C=O) groups is 2. The molecule has 8 heteroatoms. The number of Topliss-reactive ketones (excluding diaryl/α,β-unsaturated/α-hetero) is 1. The van der Waals surface area contributed by atoms with E-state index in [4.69, 9.17) is 4.74 Å². The Hall–Kier alpha value is -0.730. The molecule has 1 amide bonds. The van der Waals surface area contributed by atoms with Crippen LogP contribution in [0.2, 0.25) is 0 Å². The van der Waals surface area contributed by atoms with Crippen molar-refractivity contribution in [3.8, 4) is 0 Å². The van der Waals surface area contributed by atoms with Gasteiger partial charge in [-0.05, 0) is 12.5 Å². The summed E-state index contributed by atoms with van der Waals surface area (Å²) < 4.78 is 28.9. The van der Waals surface area contributed by atoms with Crippen LogP contribution in [0.15, 0.2) is 11.3 Å². The molecular weight excluding hydrogens is 362 g/mol. The molecule has 21 heavy (non-hydrogen) atoms. The number of ketones is 1. The van der Waals surface area contributed by atoms with Crippen LogP contribution in [0.3, 0.4) is 0 Å². The van der Waals surface area contributed by atoms with Crippen LogP contribution in [-0.2, 0) is 24.2 Å². The first-order chi connectivity index (χ1) is 9.46. The van der Waals surface area contributed by atoms with Gasteiger partial charge in [0.25, 0.3) is 5.91 Å². The number of sulfone groups is 1. The molecule has 0 bridgehead atoms. The first-order valence-corrected chi connectivity index (χ1v) is 8.97. The molecule has 0 N–H and O–H groups in total. The molecule has 0 aromatic rings. The lowest BCUT2D eigenvalue weighted by atomic mass is 9.86. The molecule has 0 spiro atoms. The number of fused-ring (bicyclic) bond motifs is 1. The zero-order chi connectivity index (χ0) is 16.3. The highest BCUT2D eigenvalue weighted by Gasteiger charge is 2.62. The van der Waals surface area contributed by atoms with Crippen molar-refractivity contribution >= 4 is 37.5 Å². The highest BCUT2D eigenvalue weighted by atomic mass is 79.9. The van der Waals surface area contributed by atoms with E-state index in [-0.39, 0.29) is 11.5 Å². The van der Waals surface area contributed by atoms with Crippen molar-refractivity contribution < 1.29 is 22.7 Å². The standard InChI is InChI=1S/C13H18BrNO5S/c1-6-7(9(16)13(2,3)4)15-11(17)8(20-5)12(15)21(18,19)10(6)14/h8,10,12H,1-5H3/t8-,10?,12+/m0/s1. The summed E-state index contributed by atoms with van der Waals surface area (Å²) in [6.07, 6.45) is -1.05. The van der Waals surface area contributed by atoms with Gasteiger partial charge in [0.05, 0.1) is 5.70 Å². The predicted octanol–water partition coefficient (Wildman–Crippen LogP) is 1.21. The maximum Gasteiger partial charge on any atom is 0.260 e. The van der Waals surface area contributed by atoms with Crippen molar-refractivity contribution in [3.63, 3.8) is 0 Å². The lowest BCUT2D eigenvalue weighted by molar-refractivity contribution is -0.161. The number of ether oxygens (including phenoxy) is 1. The summed E-state index contributed by atoms with van der Waals surface area (Å²) in [5.41, 5.74) is -0.204. The van der Waals surface area contributed by atoms with Gasteiger partial charge in [0, 0.05) is 12.5 Å². The number of carbonyl (C=O) groups excluding carboxylic acids is 2. The minimum atomic E-state index is -3.67. The van der Waals surface area contributed by atoms with Crippen molar-refractivity contribution in [2.75, 3.05) is 7.11 Å². The number of halogens is 1. The van der Waals surface area contributed by atoms with Gasteiger partial charge in [-0.2, -0.15) is 0 Å². The van der Waals surface area contributed by atoms with Crippen molar-refractivity contribution in [2.45, 2.75) is 43.3 Å². The van der Waals surface area contributed by atoms with E-state index in [1.165, 1.54) is 7.11 Å². The zero-order valence-electron chi connectivity index (χ0n) is 12.5. The Kier molecular flexibility index (Phi) is 3.87. The van der Waals surface area contributed by atoms with E-state index in [9.17, 15) is 18.0 Å². The minimum Gasteiger partial charge on any atom is -0.368 e. The summed E-state index contributed by atoms with van der Waals surface area (Å²) in [5.74, 6) is -0.746. The van der Waals surface area contributed by atoms with Gasteiger partial charge in [-0.15, -0.1) is 0 Å². The van der Waals surface area contributed by atoms with Gasteiger partial charge in [-0.3, -0.25) is 14.5 Å². The predicted molar refractivity (Wildman–Crippen MR) is 80.2 cm³/mol. The number of alkyl halides is 1. The molecule has 1 unspecified atom stereocenters. The summed E-state index contributed by atoms with van der Waals surface area (Å²) in [6.45, 7) is 6.75. The van der Waals surface area contributed by atoms with Gasteiger partial charge in [-0.25, -0.2) is 8.42 Å². The van der Waals surface area contributed by atoms with E-state index in [2.05, 4.69) is 15.9 Å².